The van der Waals surface area contributed by atoms with Crippen LogP contribution in [-0.4, -0.2) is 16.5 Å². The first-order valence-electron chi connectivity index (χ1n) is 6.34. The maximum Gasteiger partial charge on any atom is 0.167 e. The van der Waals surface area contributed by atoms with Crippen molar-refractivity contribution < 1.29 is 0 Å². The lowest BCUT2D eigenvalue weighted by molar-refractivity contribution is 0.924. The SMILES string of the molecule is NCC(Sc1nc2ccccc2[nH]1)c1ccccc1Br. The van der Waals surface area contributed by atoms with E-state index in [1.54, 1.807) is 11.8 Å². The maximum absolute atomic E-state index is 5.93. The molecule has 1 aromatic heterocycles. The summed E-state index contributed by atoms with van der Waals surface area (Å²) < 4.78 is 1.08. The number of aromatic amines is 1. The number of fused-ring (bicyclic) bond motifs is 1. The van der Waals surface area contributed by atoms with Gasteiger partial charge in [0.15, 0.2) is 5.16 Å². The Morgan fingerprint density at radius 3 is 2.65 bits per heavy atom. The third-order valence-corrected chi connectivity index (χ3v) is 4.96. The van der Waals surface area contributed by atoms with Gasteiger partial charge in [-0.05, 0) is 23.8 Å². The summed E-state index contributed by atoms with van der Waals surface area (Å²) in [7, 11) is 0. The average molecular weight is 348 g/mol. The Hall–Kier alpha value is -1.30. The number of aromatic nitrogens is 2. The van der Waals surface area contributed by atoms with Crippen LogP contribution in [0, 0.1) is 0 Å². The monoisotopic (exact) mass is 347 g/mol. The van der Waals surface area contributed by atoms with E-state index in [2.05, 4.69) is 32.0 Å². The van der Waals surface area contributed by atoms with E-state index in [-0.39, 0.29) is 5.25 Å². The third-order valence-electron chi connectivity index (χ3n) is 3.09. The summed E-state index contributed by atoms with van der Waals surface area (Å²) in [4.78, 5) is 7.92. The summed E-state index contributed by atoms with van der Waals surface area (Å²) in [5.41, 5.74) is 9.17. The number of H-pyrrole nitrogens is 1. The molecule has 0 amide bonds. The van der Waals surface area contributed by atoms with Gasteiger partial charge in [-0.15, -0.1) is 0 Å². The van der Waals surface area contributed by atoms with Crippen molar-refractivity contribution in [3.8, 4) is 0 Å². The molecule has 2 aromatic carbocycles. The summed E-state index contributed by atoms with van der Waals surface area (Å²) in [5, 5.41) is 1.07. The van der Waals surface area contributed by atoms with Crippen molar-refractivity contribution in [1.82, 2.24) is 9.97 Å². The minimum atomic E-state index is 0.172. The lowest BCUT2D eigenvalue weighted by Gasteiger charge is -2.14. The maximum atomic E-state index is 5.93. The predicted molar refractivity (Wildman–Crippen MR) is 87.9 cm³/mol. The fourth-order valence-electron chi connectivity index (χ4n) is 2.09. The molecule has 0 saturated heterocycles. The summed E-state index contributed by atoms with van der Waals surface area (Å²) in [6.45, 7) is 0.560. The Kier molecular flexibility index (Phi) is 4.10. The molecular formula is C15H14BrN3S. The van der Waals surface area contributed by atoms with Gasteiger partial charge in [0, 0.05) is 11.0 Å². The molecule has 0 bridgehead atoms. The van der Waals surface area contributed by atoms with E-state index >= 15 is 0 Å². The van der Waals surface area contributed by atoms with Crippen LogP contribution in [0.4, 0.5) is 0 Å². The molecule has 3 nitrogen and oxygen atoms in total. The summed E-state index contributed by atoms with van der Waals surface area (Å²) >= 11 is 5.25. The lowest BCUT2D eigenvalue weighted by atomic mass is 10.1. The van der Waals surface area contributed by atoms with Gasteiger partial charge in [0.1, 0.15) is 0 Å². The Morgan fingerprint density at radius 1 is 1.15 bits per heavy atom. The number of rotatable bonds is 4. The molecule has 0 saturated carbocycles. The van der Waals surface area contributed by atoms with Gasteiger partial charge in [0.2, 0.25) is 0 Å². The van der Waals surface area contributed by atoms with Crippen LogP contribution >= 0.6 is 27.7 Å². The van der Waals surface area contributed by atoms with Crippen molar-refractivity contribution in [2.75, 3.05) is 6.54 Å². The molecule has 0 aliphatic heterocycles. The number of halogens is 1. The fourth-order valence-corrected chi connectivity index (χ4v) is 3.83. The number of hydrogen-bond donors (Lipinski definition) is 2. The minimum Gasteiger partial charge on any atom is -0.333 e. The summed E-state index contributed by atoms with van der Waals surface area (Å²) in [6, 6.07) is 16.2. The second-order valence-electron chi connectivity index (χ2n) is 4.42. The van der Waals surface area contributed by atoms with Gasteiger partial charge in [-0.3, -0.25) is 0 Å². The highest BCUT2D eigenvalue weighted by atomic mass is 79.9. The van der Waals surface area contributed by atoms with Crippen molar-refractivity contribution in [3.63, 3.8) is 0 Å². The molecular weight excluding hydrogens is 334 g/mol. The first-order valence-corrected chi connectivity index (χ1v) is 8.01. The first-order chi connectivity index (χ1) is 9.78. The smallest absolute Gasteiger partial charge is 0.167 e. The molecule has 5 heteroatoms. The Morgan fingerprint density at radius 2 is 1.90 bits per heavy atom. The Bertz CT molecular complexity index is 693. The first kappa shape index (κ1) is 13.7. The molecule has 1 atom stereocenters. The molecule has 0 spiro atoms. The number of hydrogen-bond acceptors (Lipinski definition) is 3. The fraction of sp³-hybridized carbons (Fsp3) is 0.133. The quantitative estimate of drug-likeness (QED) is 0.698. The number of para-hydroxylation sites is 2. The zero-order valence-corrected chi connectivity index (χ0v) is 13.1. The molecule has 102 valence electrons. The minimum absolute atomic E-state index is 0.172. The van der Waals surface area contributed by atoms with Crippen molar-refractivity contribution in [1.29, 1.82) is 0 Å². The topological polar surface area (TPSA) is 54.7 Å². The number of nitrogens with one attached hydrogen (secondary N) is 1. The van der Waals surface area contributed by atoms with Crippen LogP contribution in [0.5, 0.6) is 0 Å². The number of thioether (sulfide) groups is 1. The number of imidazole rings is 1. The van der Waals surface area contributed by atoms with Crippen LogP contribution in [0.3, 0.4) is 0 Å². The summed E-state index contributed by atoms with van der Waals surface area (Å²) in [5.74, 6) is 0. The highest BCUT2D eigenvalue weighted by Gasteiger charge is 2.16. The molecule has 0 aliphatic rings. The highest BCUT2D eigenvalue weighted by Crippen LogP contribution is 2.36. The van der Waals surface area contributed by atoms with Crippen LogP contribution in [0.15, 0.2) is 58.2 Å². The van der Waals surface area contributed by atoms with Crippen molar-refractivity contribution >= 4 is 38.7 Å². The highest BCUT2D eigenvalue weighted by molar-refractivity contribution is 9.10. The van der Waals surface area contributed by atoms with E-state index in [9.17, 15) is 0 Å². The van der Waals surface area contributed by atoms with Gasteiger partial charge in [-0.1, -0.05) is 58.0 Å². The number of nitrogens with two attached hydrogens (primary N) is 1. The average Bonchev–Trinajstić information content (AvgIpc) is 2.88. The number of nitrogens with zero attached hydrogens (tertiary/aromatic N) is 1. The van der Waals surface area contributed by atoms with Crippen LogP contribution in [-0.2, 0) is 0 Å². The predicted octanol–water partition coefficient (Wildman–Crippen LogP) is 4.12. The molecule has 3 aromatic rings. The second kappa shape index (κ2) is 5.99. The van der Waals surface area contributed by atoms with E-state index in [4.69, 9.17) is 5.73 Å². The van der Waals surface area contributed by atoms with Gasteiger partial charge in [0.05, 0.1) is 16.3 Å². The molecule has 20 heavy (non-hydrogen) atoms. The van der Waals surface area contributed by atoms with E-state index in [0.29, 0.717) is 6.54 Å². The van der Waals surface area contributed by atoms with Crippen molar-refractivity contribution in [2.24, 2.45) is 5.73 Å². The molecule has 1 unspecified atom stereocenters. The van der Waals surface area contributed by atoms with Crippen LogP contribution < -0.4 is 5.73 Å². The zero-order valence-electron chi connectivity index (χ0n) is 10.7. The van der Waals surface area contributed by atoms with E-state index < -0.39 is 0 Å². The summed E-state index contributed by atoms with van der Waals surface area (Å²) in [6.07, 6.45) is 0. The van der Waals surface area contributed by atoms with Gasteiger partial charge in [-0.25, -0.2) is 4.98 Å². The lowest BCUT2D eigenvalue weighted by Crippen LogP contribution is -2.10. The molecule has 3 rings (SSSR count). The third kappa shape index (κ3) is 2.75. The van der Waals surface area contributed by atoms with Gasteiger partial charge < -0.3 is 10.7 Å². The van der Waals surface area contributed by atoms with Crippen LogP contribution in [0.1, 0.15) is 10.8 Å². The molecule has 1 heterocycles. The Balaban J connectivity index is 1.90. The van der Waals surface area contributed by atoms with Crippen LogP contribution in [0.25, 0.3) is 11.0 Å². The van der Waals surface area contributed by atoms with Crippen LogP contribution in [0.2, 0.25) is 0 Å². The second-order valence-corrected chi connectivity index (χ2v) is 6.47. The van der Waals surface area contributed by atoms with Gasteiger partial charge in [-0.2, -0.15) is 0 Å². The standard InChI is InChI=1S/C15H14BrN3S/c16-11-6-2-1-5-10(11)14(9-17)20-15-18-12-7-3-4-8-13(12)19-15/h1-8,14H,9,17H2,(H,18,19). The number of benzene rings is 2. The zero-order chi connectivity index (χ0) is 13.9. The van der Waals surface area contributed by atoms with Crippen molar-refractivity contribution in [2.45, 2.75) is 10.4 Å². The largest absolute Gasteiger partial charge is 0.333 e. The van der Waals surface area contributed by atoms with Crippen molar-refractivity contribution in [3.05, 3.63) is 58.6 Å². The van der Waals surface area contributed by atoms with E-state index in [0.717, 1.165) is 20.7 Å². The molecule has 3 N–H and O–H groups in total. The van der Waals surface area contributed by atoms with E-state index in [1.165, 1.54) is 5.56 Å². The normalized spacial score (nSPS) is 12.7. The Labute approximate surface area is 130 Å². The molecule has 0 radical (unpaired) electrons. The van der Waals surface area contributed by atoms with Gasteiger partial charge >= 0.3 is 0 Å². The molecule has 0 fully saturated rings. The van der Waals surface area contributed by atoms with Gasteiger partial charge in [0.25, 0.3) is 0 Å². The molecule has 0 aliphatic carbocycles. The van der Waals surface area contributed by atoms with E-state index in [1.807, 2.05) is 42.5 Å².